The van der Waals surface area contributed by atoms with E-state index in [0.29, 0.717) is 0 Å². The Bertz CT molecular complexity index is 2630. The van der Waals surface area contributed by atoms with Gasteiger partial charge in [0.25, 0.3) is 0 Å². The molecule has 1 aromatic heterocycles. The molecule has 0 saturated heterocycles. The molecule has 3 heteroatoms. The van der Waals surface area contributed by atoms with Crippen LogP contribution in [0.2, 0.25) is 0 Å². The summed E-state index contributed by atoms with van der Waals surface area (Å²) in [7, 11) is 0. The zero-order chi connectivity index (χ0) is 33.0. The molecule has 0 unspecified atom stereocenters. The lowest BCUT2D eigenvalue weighted by Crippen LogP contribution is -2.18. The average Bonchev–Trinajstić information content (AvgIpc) is 3.35. The Morgan fingerprint density at radius 1 is 0.580 bits per heavy atom. The molecule has 238 valence electrons. The van der Waals surface area contributed by atoms with E-state index in [9.17, 15) is 0 Å². The van der Waals surface area contributed by atoms with E-state index in [4.69, 9.17) is 4.74 Å². The largest absolute Gasteiger partial charge is 0.456 e. The van der Waals surface area contributed by atoms with Gasteiger partial charge in [0.2, 0.25) is 0 Å². The Hall–Kier alpha value is -6.19. The number of hydrogen-bond donors (Lipinski definition) is 0. The first-order valence-electron chi connectivity index (χ1n) is 17.6. The van der Waals surface area contributed by atoms with Crippen LogP contribution in [-0.2, 0) is 6.42 Å². The molecule has 0 N–H and O–H groups in total. The van der Waals surface area contributed by atoms with Crippen molar-refractivity contribution in [1.29, 1.82) is 0 Å². The third kappa shape index (κ3) is 4.62. The van der Waals surface area contributed by atoms with Gasteiger partial charge < -0.3 is 9.64 Å². The van der Waals surface area contributed by atoms with E-state index >= 15 is 0 Å². The lowest BCUT2D eigenvalue weighted by molar-refractivity contribution is 0.493. The lowest BCUT2D eigenvalue weighted by Gasteiger charge is -2.30. The maximum Gasteiger partial charge on any atom is 0.143 e. The fourth-order valence-corrected chi connectivity index (χ4v) is 8.24. The van der Waals surface area contributed by atoms with Crippen LogP contribution in [0.3, 0.4) is 0 Å². The van der Waals surface area contributed by atoms with E-state index in [0.717, 1.165) is 58.7 Å². The zero-order valence-electron chi connectivity index (χ0n) is 27.6. The highest BCUT2D eigenvalue weighted by molar-refractivity contribution is 6.23. The molecular formula is C47H34N2O. The average molecular weight is 643 g/mol. The maximum atomic E-state index is 7.09. The standard InChI is InChI=1S/C47H34N2O/c1-2-14-34(15-3-1)49-44-21-11-5-12-31(44)22-23-32-24-25-35(29-45(32)49)50-47-40-20-10-9-19-39(40)46(43-30-48-27-26-41(43)47)42-28-33-13-4-6-16-36(33)37-17-7-8-18-38(37)42/h1-4,6-11,13-21,24-30H,5,12,22-23H2. The summed E-state index contributed by atoms with van der Waals surface area (Å²) in [6.45, 7) is 0. The number of allylic oxidation sites excluding steroid dienone is 3. The number of hydrogen-bond acceptors (Lipinski definition) is 3. The fraction of sp³-hybridized carbons (Fsp3) is 0.0851. The molecule has 7 aromatic carbocycles. The molecule has 0 saturated carbocycles. The van der Waals surface area contributed by atoms with E-state index < -0.39 is 0 Å². The van der Waals surface area contributed by atoms with Crippen molar-refractivity contribution in [2.24, 2.45) is 0 Å². The third-order valence-electron chi connectivity index (χ3n) is 10.5. The number of benzene rings is 7. The van der Waals surface area contributed by atoms with Crippen molar-refractivity contribution in [3.8, 4) is 22.6 Å². The molecule has 10 rings (SSSR count). The smallest absolute Gasteiger partial charge is 0.143 e. The van der Waals surface area contributed by atoms with Gasteiger partial charge >= 0.3 is 0 Å². The predicted molar refractivity (Wildman–Crippen MR) is 209 cm³/mol. The Morgan fingerprint density at radius 3 is 2.20 bits per heavy atom. The molecule has 3 nitrogen and oxygen atoms in total. The quantitative estimate of drug-likeness (QED) is 0.141. The van der Waals surface area contributed by atoms with Crippen LogP contribution in [0, 0.1) is 0 Å². The van der Waals surface area contributed by atoms with Gasteiger partial charge in [-0.25, -0.2) is 0 Å². The second kappa shape index (κ2) is 11.7. The topological polar surface area (TPSA) is 25.4 Å². The first-order chi connectivity index (χ1) is 24.8. The molecule has 0 fully saturated rings. The Kier molecular flexibility index (Phi) is 6.76. The van der Waals surface area contributed by atoms with Crippen LogP contribution in [0.5, 0.6) is 11.5 Å². The number of nitrogens with zero attached hydrogens (tertiary/aromatic N) is 2. The minimum absolute atomic E-state index is 0.820. The molecule has 2 aliphatic rings. The minimum Gasteiger partial charge on any atom is -0.456 e. The molecule has 1 aliphatic heterocycles. The van der Waals surface area contributed by atoms with E-state index in [2.05, 4.69) is 155 Å². The van der Waals surface area contributed by atoms with Crippen molar-refractivity contribution in [3.63, 3.8) is 0 Å². The van der Waals surface area contributed by atoms with Crippen molar-refractivity contribution in [1.82, 2.24) is 4.98 Å². The van der Waals surface area contributed by atoms with Gasteiger partial charge in [-0.1, -0.05) is 103 Å². The Labute approximate surface area is 291 Å². The van der Waals surface area contributed by atoms with Crippen molar-refractivity contribution < 1.29 is 4.74 Å². The summed E-state index contributed by atoms with van der Waals surface area (Å²) in [4.78, 5) is 7.11. The second-order valence-corrected chi connectivity index (χ2v) is 13.4. The Morgan fingerprint density at radius 2 is 1.32 bits per heavy atom. The monoisotopic (exact) mass is 642 g/mol. The normalized spacial score (nSPS) is 14.3. The molecule has 0 bridgehead atoms. The van der Waals surface area contributed by atoms with Gasteiger partial charge in [-0.3, -0.25) is 4.98 Å². The van der Waals surface area contributed by atoms with Gasteiger partial charge in [-0.05, 0) is 111 Å². The molecule has 0 amide bonds. The SMILES string of the molecule is C1=CC2=C(CC1)CCc1ccc(Oc3c4ccccc4c(-c4cc5ccccc5c5ccccc45)c4cnccc34)cc1N2c1ccccc1. The van der Waals surface area contributed by atoms with Crippen LogP contribution in [0.1, 0.15) is 24.8 Å². The van der Waals surface area contributed by atoms with E-state index in [1.807, 2.05) is 12.4 Å². The number of ether oxygens (including phenoxy) is 1. The number of rotatable bonds is 4. The molecule has 0 atom stereocenters. The van der Waals surface area contributed by atoms with E-state index in [1.54, 1.807) is 0 Å². The number of anilines is 2. The zero-order valence-corrected chi connectivity index (χ0v) is 27.6. The van der Waals surface area contributed by atoms with Crippen LogP contribution in [0.4, 0.5) is 11.4 Å². The van der Waals surface area contributed by atoms with Gasteiger partial charge in [0.15, 0.2) is 0 Å². The van der Waals surface area contributed by atoms with E-state index in [1.165, 1.54) is 60.9 Å². The summed E-state index contributed by atoms with van der Waals surface area (Å²) in [5.74, 6) is 1.67. The molecule has 8 aromatic rings. The van der Waals surface area contributed by atoms with Gasteiger partial charge in [-0.2, -0.15) is 0 Å². The summed E-state index contributed by atoms with van der Waals surface area (Å²) < 4.78 is 7.09. The highest BCUT2D eigenvalue weighted by Crippen LogP contribution is 2.48. The maximum absolute atomic E-state index is 7.09. The van der Waals surface area contributed by atoms with Crippen LogP contribution in [0.25, 0.3) is 54.2 Å². The van der Waals surface area contributed by atoms with Crippen LogP contribution < -0.4 is 9.64 Å². The number of pyridine rings is 1. The number of fused-ring (bicyclic) bond motifs is 6. The predicted octanol–water partition coefficient (Wildman–Crippen LogP) is 12.8. The number of para-hydroxylation sites is 1. The third-order valence-corrected chi connectivity index (χ3v) is 10.5. The molecule has 0 spiro atoms. The van der Waals surface area contributed by atoms with E-state index in [-0.39, 0.29) is 0 Å². The minimum atomic E-state index is 0.820. The molecule has 2 heterocycles. The fourth-order valence-electron chi connectivity index (χ4n) is 8.24. The first-order valence-corrected chi connectivity index (χ1v) is 17.6. The summed E-state index contributed by atoms with van der Waals surface area (Å²) in [6, 6.07) is 48.0. The first kappa shape index (κ1) is 28.8. The van der Waals surface area contributed by atoms with Gasteiger partial charge in [0.05, 0.1) is 5.69 Å². The van der Waals surface area contributed by atoms with Crippen LogP contribution >= 0.6 is 0 Å². The van der Waals surface area contributed by atoms with Crippen LogP contribution in [-0.4, -0.2) is 4.98 Å². The van der Waals surface area contributed by atoms with Crippen molar-refractivity contribution in [2.45, 2.75) is 25.7 Å². The summed E-state index contributed by atoms with van der Waals surface area (Å²) in [6.07, 6.45) is 12.8. The number of aryl methyl sites for hydroxylation is 1. The molecule has 0 radical (unpaired) electrons. The summed E-state index contributed by atoms with van der Waals surface area (Å²) >= 11 is 0. The second-order valence-electron chi connectivity index (χ2n) is 13.4. The molecule has 50 heavy (non-hydrogen) atoms. The summed E-state index contributed by atoms with van der Waals surface area (Å²) in [5, 5.41) is 9.30. The van der Waals surface area contributed by atoms with Crippen LogP contribution in [0.15, 0.2) is 169 Å². The van der Waals surface area contributed by atoms with Gasteiger partial charge in [0.1, 0.15) is 11.5 Å². The Balaban J connectivity index is 1.18. The number of aromatic nitrogens is 1. The molecule has 1 aliphatic carbocycles. The molecular weight excluding hydrogens is 609 g/mol. The van der Waals surface area contributed by atoms with Gasteiger partial charge in [0, 0.05) is 46.0 Å². The van der Waals surface area contributed by atoms with Gasteiger partial charge in [-0.15, -0.1) is 0 Å². The van der Waals surface area contributed by atoms with Crippen molar-refractivity contribution in [2.75, 3.05) is 4.90 Å². The van der Waals surface area contributed by atoms with Crippen molar-refractivity contribution >= 4 is 54.5 Å². The van der Waals surface area contributed by atoms with Crippen molar-refractivity contribution in [3.05, 3.63) is 175 Å². The summed E-state index contributed by atoms with van der Waals surface area (Å²) in [5.41, 5.74) is 8.89. The highest BCUT2D eigenvalue weighted by atomic mass is 16.5. The lowest BCUT2D eigenvalue weighted by atomic mass is 9.87. The highest BCUT2D eigenvalue weighted by Gasteiger charge is 2.26.